The maximum absolute atomic E-state index is 3.93. The summed E-state index contributed by atoms with van der Waals surface area (Å²) in [6, 6.07) is 8.23. The molecule has 0 spiro atoms. The van der Waals surface area contributed by atoms with Gasteiger partial charge in [-0.3, -0.25) is 0 Å². The molecule has 0 aliphatic heterocycles. The summed E-state index contributed by atoms with van der Waals surface area (Å²) in [7, 11) is 0. The molecule has 0 aromatic heterocycles. The fourth-order valence-corrected chi connectivity index (χ4v) is 1.23. The van der Waals surface area contributed by atoms with E-state index in [9.17, 15) is 0 Å². The molecule has 1 heteroatoms. The van der Waals surface area contributed by atoms with Crippen molar-refractivity contribution < 1.29 is 0 Å². The summed E-state index contributed by atoms with van der Waals surface area (Å²) < 4.78 is 1.13. The van der Waals surface area contributed by atoms with Gasteiger partial charge in [0.25, 0.3) is 0 Å². The average molecular weight is 198 g/mol. The first-order valence-corrected chi connectivity index (χ1v) is 4.08. The lowest BCUT2D eigenvalue weighted by atomic mass is 10.0. The van der Waals surface area contributed by atoms with Gasteiger partial charge in [0, 0.05) is 4.47 Å². The van der Waals surface area contributed by atoms with Gasteiger partial charge in [-0.15, -0.1) is 0 Å². The molecule has 0 heterocycles. The van der Waals surface area contributed by atoms with Crippen LogP contribution in [0.5, 0.6) is 0 Å². The number of hydrogen-bond acceptors (Lipinski definition) is 0. The first-order valence-electron chi connectivity index (χ1n) is 3.28. The highest BCUT2D eigenvalue weighted by Gasteiger charge is 1.97. The molecule has 0 unspecified atom stereocenters. The molecule has 0 saturated carbocycles. The van der Waals surface area contributed by atoms with E-state index in [0.29, 0.717) is 5.92 Å². The van der Waals surface area contributed by atoms with Crippen molar-refractivity contribution in [2.75, 3.05) is 0 Å². The van der Waals surface area contributed by atoms with E-state index in [1.165, 1.54) is 5.56 Å². The fourth-order valence-electron chi connectivity index (χ4n) is 0.813. The van der Waals surface area contributed by atoms with Gasteiger partial charge in [-0.25, -0.2) is 0 Å². The Balaban J connectivity index is 2.96. The van der Waals surface area contributed by atoms with Gasteiger partial charge >= 0.3 is 0 Å². The minimum atomic E-state index is 0.373. The number of rotatable bonds is 1. The molecular weight excluding hydrogens is 188 g/mol. The van der Waals surface area contributed by atoms with Crippen molar-refractivity contribution in [2.24, 2.45) is 0 Å². The van der Waals surface area contributed by atoms with Crippen LogP contribution in [0.4, 0.5) is 0 Å². The second-order valence-electron chi connectivity index (χ2n) is 2.46. The van der Waals surface area contributed by atoms with Crippen molar-refractivity contribution in [2.45, 2.75) is 12.8 Å². The van der Waals surface area contributed by atoms with Gasteiger partial charge < -0.3 is 0 Å². The number of hydrogen-bond donors (Lipinski definition) is 0. The predicted molar refractivity (Wildman–Crippen MR) is 47.9 cm³/mol. The van der Waals surface area contributed by atoms with E-state index < -0.39 is 0 Å². The van der Waals surface area contributed by atoms with Crippen LogP contribution in [0.25, 0.3) is 0 Å². The van der Waals surface area contributed by atoms with E-state index in [2.05, 4.69) is 41.9 Å². The summed E-state index contributed by atoms with van der Waals surface area (Å²) in [6.07, 6.45) is 0. The SMILES string of the molecule is [CH2][C@H](C)c1cccc(Br)c1. The van der Waals surface area contributed by atoms with E-state index in [1.807, 2.05) is 12.1 Å². The molecule has 1 rings (SSSR count). The number of benzene rings is 1. The van der Waals surface area contributed by atoms with Crippen LogP contribution in [0, 0.1) is 6.92 Å². The van der Waals surface area contributed by atoms with Crippen molar-refractivity contribution in [1.29, 1.82) is 0 Å². The molecule has 0 amide bonds. The Morgan fingerprint density at radius 1 is 1.50 bits per heavy atom. The van der Waals surface area contributed by atoms with E-state index in [0.717, 1.165) is 4.47 Å². The van der Waals surface area contributed by atoms with Crippen LogP contribution in [0.1, 0.15) is 18.4 Å². The molecule has 0 aliphatic rings. The normalized spacial score (nSPS) is 10.4. The smallest absolute Gasteiger partial charge is 0.0178 e. The molecule has 0 N–H and O–H groups in total. The predicted octanol–water partition coefficient (Wildman–Crippen LogP) is 3.39. The van der Waals surface area contributed by atoms with E-state index >= 15 is 0 Å². The first kappa shape index (κ1) is 7.80. The molecule has 1 aromatic carbocycles. The molecule has 10 heavy (non-hydrogen) atoms. The molecular formula is C9H10Br. The van der Waals surface area contributed by atoms with Gasteiger partial charge in [-0.1, -0.05) is 35.0 Å². The summed E-state index contributed by atoms with van der Waals surface area (Å²) in [4.78, 5) is 0. The van der Waals surface area contributed by atoms with E-state index in [4.69, 9.17) is 0 Å². The van der Waals surface area contributed by atoms with Crippen LogP contribution >= 0.6 is 15.9 Å². The zero-order valence-electron chi connectivity index (χ0n) is 5.97. The highest BCUT2D eigenvalue weighted by molar-refractivity contribution is 9.10. The molecule has 0 fully saturated rings. The molecule has 0 saturated heterocycles. The third-order valence-corrected chi connectivity index (χ3v) is 1.91. The highest BCUT2D eigenvalue weighted by Crippen LogP contribution is 2.18. The minimum absolute atomic E-state index is 0.373. The van der Waals surface area contributed by atoms with Crippen LogP contribution in [-0.4, -0.2) is 0 Å². The van der Waals surface area contributed by atoms with Gasteiger partial charge in [-0.2, -0.15) is 0 Å². The second kappa shape index (κ2) is 3.20. The monoisotopic (exact) mass is 197 g/mol. The first-order chi connectivity index (χ1) is 4.70. The zero-order chi connectivity index (χ0) is 7.56. The lowest BCUT2D eigenvalue weighted by Gasteiger charge is -2.03. The van der Waals surface area contributed by atoms with E-state index in [-0.39, 0.29) is 0 Å². The summed E-state index contributed by atoms with van der Waals surface area (Å²) in [5.74, 6) is 0.373. The average Bonchev–Trinajstić information content (AvgIpc) is 1.88. The Bertz CT molecular complexity index is 216. The van der Waals surface area contributed by atoms with Gasteiger partial charge in [0.1, 0.15) is 0 Å². The Hall–Kier alpha value is -0.300. The minimum Gasteiger partial charge on any atom is -0.0609 e. The summed E-state index contributed by atoms with van der Waals surface area (Å²) in [6.45, 7) is 6.01. The van der Waals surface area contributed by atoms with Gasteiger partial charge in [0.05, 0.1) is 0 Å². The Morgan fingerprint density at radius 2 is 2.20 bits per heavy atom. The summed E-state index contributed by atoms with van der Waals surface area (Å²) >= 11 is 3.40. The third kappa shape index (κ3) is 1.84. The summed E-state index contributed by atoms with van der Waals surface area (Å²) in [5.41, 5.74) is 1.27. The van der Waals surface area contributed by atoms with Crippen LogP contribution in [-0.2, 0) is 0 Å². The van der Waals surface area contributed by atoms with Crippen molar-refractivity contribution in [3.05, 3.63) is 41.2 Å². The molecule has 0 aliphatic carbocycles. The summed E-state index contributed by atoms with van der Waals surface area (Å²) in [5, 5.41) is 0. The maximum atomic E-state index is 3.93. The lowest BCUT2D eigenvalue weighted by molar-refractivity contribution is 0.963. The quantitative estimate of drug-likeness (QED) is 0.648. The molecule has 53 valence electrons. The highest BCUT2D eigenvalue weighted by atomic mass is 79.9. The zero-order valence-corrected chi connectivity index (χ0v) is 7.56. The molecule has 1 atom stereocenters. The van der Waals surface area contributed by atoms with Gasteiger partial charge in [0.15, 0.2) is 0 Å². The Morgan fingerprint density at radius 3 is 2.60 bits per heavy atom. The molecule has 1 aromatic rings. The van der Waals surface area contributed by atoms with Crippen molar-refractivity contribution in [1.82, 2.24) is 0 Å². The van der Waals surface area contributed by atoms with E-state index in [1.54, 1.807) is 0 Å². The fraction of sp³-hybridized carbons (Fsp3) is 0.222. The van der Waals surface area contributed by atoms with Crippen LogP contribution < -0.4 is 0 Å². The standard InChI is InChI=1S/C9H10Br/c1-7(2)8-4-3-5-9(10)6-8/h3-7H,1H2,2H3/t7-/m1/s1. The molecule has 0 bridgehead atoms. The Kier molecular flexibility index (Phi) is 2.50. The van der Waals surface area contributed by atoms with Gasteiger partial charge in [0.2, 0.25) is 0 Å². The van der Waals surface area contributed by atoms with Crippen LogP contribution in [0.3, 0.4) is 0 Å². The Labute approximate surface area is 70.4 Å². The van der Waals surface area contributed by atoms with Crippen molar-refractivity contribution in [3.63, 3.8) is 0 Å². The van der Waals surface area contributed by atoms with Crippen molar-refractivity contribution in [3.8, 4) is 0 Å². The van der Waals surface area contributed by atoms with Crippen molar-refractivity contribution >= 4 is 15.9 Å². The second-order valence-corrected chi connectivity index (χ2v) is 3.37. The largest absolute Gasteiger partial charge is 0.0609 e. The third-order valence-electron chi connectivity index (χ3n) is 1.42. The maximum Gasteiger partial charge on any atom is 0.0178 e. The topological polar surface area (TPSA) is 0 Å². The molecule has 0 nitrogen and oxygen atoms in total. The van der Waals surface area contributed by atoms with Gasteiger partial charge in [-0.05, 0) is 30.5 Å². The number of halogens is 1. The lowest BCUT2D eigenvalue weighted by Crippen LogP contribution is -1.85. The molecule has 1 radical (unpaired) electrons. The van der Waals surface area contributed by atoms with Crippen LogP contribution in [0.15, 0.2) is 28.7 Å². The van der Waals surface area contributed by atoms with Crippen LogP contribution in [0.2, 0.25) is 0 Å².